The van der Waals surface area contributed by atoms with E-state index >= 15 is 0 Å². The minimum Gasteiger partial charge on any atom is -0.351 e. The highest BCUT2D eigenvalue weighted by Crippen LogP contribution is 2.49. The summed E-state index contributed by atoms with van der Waals surface area (Å²) in [6.07, 6.45) is -2.72. The van der Waals surface area contributed by atoms with Gasteiger partial charge in [-0.15, -0.1) is 0 Å². The van der Waals surface area contributed by atoms with Crippen LogP contribution < -0.4 is 5.32 Å². The van der Waals surface area contributed by atoms with Crippen LogP contribution in [0.4, 0.5) is 13.2 Å². The van der Waals surface area contributed by atoms with E-state index in [-0.39, 0.29) is 42.8 Å². The number of ether oxygens (including phenoxy) is 1. The van der Waals surface area contributed by atoms with Crippen LogP contribution in [0.2, 0.25) is 0 Å². The summed E-state index contributed by atoms with van der Waals surface area (Å²) in [7, 11) is 1.80. The predicted octanol–water partition coefficient (Wildman–Crippen LogP) is 3.10. The highest BCUT2D eigenvalue weighted by atomic mass is 19.4. The van der Waals surface area contributed by atoms with Gasteiger partial charge in [-0.25, -0.2) is 0 Å². The number of H-pyrrole nitrogens is 1. The van der Waals surface area contributed by atoms with Crippen molar-refractivity contribution in [1.82, 2.24) is 25.0 Å². The van der Waals surface area contributed by atoms with Gasteiger partial charge in [0.15, 0.2) is 0 Å². The van der Waals surface area contributed by atoms with E-state index in [4.69, 9.17) is 4.74 Å². The van der Waals surface area contributed by atoms with Crippen LogP contribution in [0.15, 0.2) is 48.5 Å². The number of likely N-dealkylation sites (N-methyl/N-ethyl adjacent to an activating group) is 1. The average molecular weight is 652 g/mol. The van der Waals surface area contributed by atoms with Crippen LogP contribution in [-0.2, 0) is 38.1 Å². The molecule has 3 aromatic rings. The molecule has 4 fully saturated rings. The number of alkyl halides is 3. The Morgan fingerprint density at radius 1 is 1.15 bits per heavy atom. The first kappa shape index (κ1) is 30.4. The van der Waals surface area contributed by atoms with E-state index in [0.29, 0.717) is 36.7 Å². The summed E-state index contributed by atoms with van der Waals surface area (Å²) in [6.45, 7) is 2.10. The number of nitrogens with zero attached hydrogens (tertiary/aromatic N) is 3. The summed E-state index contributed by atoms with van der Waals surface area (Å²) in [5.41, 5.74) is -0.430. The van der Waals surface area contributed by atoms with Gasteiger partial charge in [-0.1, -0.05) is 42.5 Å². The Morgan fingerprint density at radius 2 is 1.91 bits per heavy atom. The van der Waals surface area contributed by atoms with Crippen LogP contribution in [0, 0.1) is 5.92 Å². The number of aliphatic hydroxyl groups is 1. The Morgan fingerprint density at radius 3 is 2.66 bits per heavy atom. The second-order valence-electron chi connectivity index (χ2n) is 13.8. The normalized spacial score (nSPS) is 33.6. The number of amides is 3. The number of aromatic nitrogens is 1. The maximum absolute atomic E-state index is 14.2. The fourth-order valence-corrected chi connectivity index (χ4v) is 8.98. The third-order valence-electron chi connectivity index (χ3n) is 11.0. The van der Waals surface area contributed by atoms with Crippen molar-refractivity contribution in [1.29, 1.82) is 0 Å². The molecular formula is C34H36F3N5O5. The van der Waals surface area contributed by atoms with Crippen molar-refractivity contribution in [3.63, 3.8) is 0 Å². The van der Waals surface area contributed by atoms with Crippen molar-refractivity contribution >= 4 is 28.6 Å². The van der Waals surface area contributed by atoms with E-state index < -0.39 is 53.3 Å². The van der Waals surface area contributed by atoms with E-state index in [1.807, 2.05) is 41.3 Å². The zero-order valence-electron chi connectivity index (χ0n) is 26.0. The molecule has 0 bridgehead atoms. The lowest BCUT2D eigenvalue weighted by molar-refractivity contribution is -0.315. The number of piperazine rings is 1. The number of aromatic amines is 1. The lowest BCUT2D eigenvalue weighted by atomic mass is 9.72. The minimum atomic E-state index is -4.52. The Bertz CT molecular complexity index is 1800. The molecule has 0 saturated carbocycles. The maximum atomic E-state index is 14.2. The van der Waals surface area contributed by atoms with Crippen molar-refractivity contribution in [2.45, 2.75) is 80.9 Å². The summed E-state index contributed by atoms with van der Waals surface area (Å²) in [5.74, 6) is -4.40. The Labute approximate surface area is 268 Å². The number of hydrogen-bond donors (Lipinski definition) is 3. The largest absolute Gasteiger partial charge is 0.431 e. The third-order valence-corrected chi connectivity index (χ3v) is 11.0. The van der Waals surface area contributed by atoms with Gasteiger partial charge in [-0.2, -0.15) is 13.2 Å². The van der Waals surface area contributed by atoms with Crippen LogP contribution in [-0.4, -0.2) is 92.4 Å². The zero-order valence-corrected chi connectivity index (χ0v) is 26.0. The molecule has 2 aromatic carbocycles. The molecule has 10 nitrogen and oxygen atoms in total. The van der Waals surface area contributed by atoms with Gasteiger partial charge < -0.3 is 25.2 Å². The van der Waals surface area contributed by atoms with Crippen LogP contribution in [0.3, 0.4) is 0 Å². The standard InChI is InChI=1S/C34H36F3N5O5/c1-32(31(45)42-25(14-18-8-4-3-5-9-18)30(44)41-13-7-12-26(41)34(42,46)47-32)39-29(43)19-15-21-20-10-6-11-23-27(20)22(16-24(21)40(2)17-19)28(38-23)33(35,36)37/h3-6,8-11,19,21,24-26,38,46H,7,12-17H2,1-2H3,(H,39,43)/t19?,21-,24?,25+,26?,32?,34+/m1/s1. The quantitative estimate of drug-likeness (QED) is 0.399. The number of halogens is 3. The topological polar surface area (TPSA) is 118 Å². The van der Waals surface area contributed by atoms with Crippen LogP contribution in [0.5, 0.6) is 0 Å². The fraction of sp³-hybridized carbons (Fsp3) is 0.500. The molecule has 3 N–H and O–H groups in total. The average Bonchev–Trinajstić information content (AvgIpc) is 3.72. The number of fused-ring (bicyclic) bond motifs is 5. The zero-order chi connectivity index (χ0) is 33.0. The van der Waals surface area contributed by atoms with Gasteiger partial charge >= 0.3 is 6.18 Å². The number of hydrogen-bond acceptors (Lipinski definition) is 6. The van der Waals surface area contributed by atoms with Crippen molar-refractivity contribution in [2.24, 2.45) is 5.92 Å². The summed E-state index contributed by atoms with van der Waals surface area (Å²) < 4.78 is 48.1. The number of carbonyl (C=O) groups excluding carboxylic acids is 3. The Hall–Kier alpha value is -3.94. The maximum Gasteiger partial charge on any atom is 0.431 e. The van der Waals surface area contributed by atoms with E-state index in [1.165, 1.54) is 6.92 Å². The first-order valence-corrected chi connectivity index (χ1v) is 16.1. The first-order chi connectivity index (χ1) is 22.3. The van der Waals surface area contributed by atoms with Gasteiger partial charge in [0.1, 0.15) is 17.8 Å². The molecule has 5 heterocycles. The van der Waals surface area contributed by atoms with E-state index in [9.17, 15) is 32.7 Å². The van der Waals surface area contributed by atoms with Gasteiger partial charge in [-0.05, 0) is 62.4 Å². The SMILES string of the molecule is CN1CC(C(=O)NC2(C)O[C@@]3(O)C4CCCN4C(=O)[C@H](Cc4ccccc4)N3C2=O)C[C@@H]2c3cccc4[nH]c(C(F)(F)F)c(c34)CC21. The number of benzene rings is 2. The number of piperidine rings is 1. The molecule has 8 rings (SSSR count). The lowest BCUT2D eigenvalue weighted by Gasteiger charge is -2.48. The molecule has 1 aromatic heterocycles. The van der Waals surface area contributed by atoms with Gasteiger partial charge in [0.2, 0.25) is 17.5 Å². The van der Waals surface area contributed by atoms with Gasteiger partial charge in [0, 0.05) is 42.4 Å². The second kappa shape index (κ2) is 10.3. The van der Waals surface area contributed by atoms with Crippen molar-refractivity contribution < 1.29 is 37.4 Å². The van der Waals surface area contributed by atoms with E-state index in [1.54, 1.807) is 24.1 Å². The van der Waals surface area contributed by atoms with Crippen molar-refractivity contribution in [2.75, 3.05) is 20.1 Å². The number of nitrogens with one attached hydrogen (secondary N) is 2. The minimum absolute atomic E-state index is 0.170. The van der Waals surface area contributed by atoms with Gasteiger partial charge in [0.05, 0.1) is 5.92 Å². The molecule has 5 aliphatic rings. The summed E-state index contributed by atoms with van der Waals surface area (Å²) in [4.78, 5) is 49.2. The third kappa shape index (κ3) is 4.46. The molecule has 4 unspecified atom stereocenters. The number of carbonyl (C=O) groups is 3. The van der Waals surface area contributed by atoms with Crippen LogP contribution >= 0.6 is 0 Å². The van der Waals surface area contributed by atoms with Gasteiger partial charge in [-0.3, -0.25) is 24.0 Å². The molecule has 248 valence electrons. The lowest BCUT2D eigenvalue weighted by Crippen LogP contribution is -2.71. The molecule has 0 spiro atoms. The summed E-state index contributed by atoms with van der Waals surface area (Å²) >= 11 is 0. The molecule has 47 heavy (non-hydrogen) atoms. The number of rotatable bonds is 4. The van der Waals surface area contributed by atoms with Crippen LogP contribution in [0.1, 0.15) is 54.5 Å². The summed E-state index contributed by atoms with van der Waals surface area (Å²) in [6, 6.07) is 12.4. The molecule has 7 atom stereocenters. The molecule has 0 radical (unpaired) electrons. The predicted molar refractivity (Wildman–Crippen MR) is 162 cm³/mol. The monoisotopic (exact) mass is 651 g/mol. The Balaban J connectivity index is 1.08. The molecule has 1 aliphatic carbocycles. The highest BCUT2D eigenvalue weighted by Gasteiger charge is 2.70. The smallest absolute Gasteiger partial charge is 0.351 e. The summed E-state index contributed by atoms with van der Waals surface area (Å²) in [5, 5.41) is 15.4. The molecule has 3 amide bonds. The Kier molecular flexibility index (Phi) is 6.65. The van der Waals surface area contributed by atoms with E-state index in [0.717, 1.165) is 16.0 Å². The molecule has 13 heteroatoms. The van der Waals surface area contributed by atoms with Gasteiger partial charge in [0.25, 0.3) is 11.8 Å². The van der Waals surface area contributed by atoms with Crippen molar-refractivity contribution in [3.05, 3.63) is 70.9 Å². The number of likely N-dealkylation sites (tertiary alicyclic amines) is 1. The first-order valence-electron chi connectivity index (χ1n) is 16.1. The second-order valence-corrected chi connectivity index (χ2v) is 13.8. The van der Waals surface area contributed by atoms with Crippen LogP contribution in [0.25, 0.3) is 10.9 Å². The highest BCUT2D eigenvalue weighted by molar-refractivity contribution is 5.97. The van der Waals surface area contributed by atoms with E-state index in [2.05, 4.69) is 10.3 Å². The molecular weight excluding hydrogens is 615 g/mol. The van der Waals surface area contributed by atoms with Crippen molar-refractivity contribution in [3.8, 4) is 0 Å². The molecule has 4 aliphatic heterocycles. The fourth-order valence-electron chi connectivity index (χ4n) is 8.98. The molecule has 4 saturated heterocycles.